The van der Waals surface area contributed by atoms with Gasteiger partial charge in [0.25, 0.3) is 0 Å². The highest BCUT2D eigenvalue weighted by atomic mass is 15.1. The predicted octanol–water partition coefficient (Wildman–Crippen LogP) is 2.34. The molecule has 1 aliphatic rings. The number of hydrogen-bond acceptors (Lipinski definition) is 2. The van der Waals surface area contributed by atoms with Crippen molar-refractivity contribution in [1.29, 1.82) is 0 Å². The fourth-order valence-corrected chi connectivity index (χ4v) is 2.95. The number of hydrogen-bond donors (Lipinski definition) is 3. The van der Waals surface area contributed by atoms with E-state index in [1.165, 1.54) is 37.7 Å². The number of nitrogens with one attached hydrogen (secondary N) is 2. The number of H-pyrrole nitrogens is 1. The quantitative estimate of drug-likeness (QED) is 0.596. The predicted molar refractivity (Wildman–Crippen MR) is 86.3 cm³/mol. The first kappa shape index (κ1) is 13.9. The Morgan fingerprint density at radius 2 is 2.19 bits per heavy atom. The third kappa shape index (κ3) is 3.74. The van der Waals surface area contributed by atoms with E-state index in [4.69, 9.17) is 5.73 Å². The zero-order valence-electron chi connectivity index (χ0n) is 12.3. The van der Waals surface area contributed by atoms with Crippen molar-refractivity contribution in [2.75, 3.05) is 6.54 Å². The van der Waals surface area contributed by atoms with Gasteiger partial charge in [0, 0.05) is 18.0 Å². The van der Waals surface area contributed by atoms with Gasteiger partial charge in [-0.15, -0.1) is 0 Å². The lowest BCUT2D eigenvalue weighted by molar-refractivity contribution is 0.412. The molecule has 2 aromatic rings. The molecule has 1 fully saturated rings. The Kier molecular flexibility index (Phi) is 4.38. The Labute approximate surface area is 125 Å². The molecule has 5 heteroatoms. The van der Waals surface area contributed by atoms with E-state index in [0.29, 0.717) is 18.5 Å². The van der Waals surface area contributed by atoms with Crippen molar-refractivity contribution in [3.8, 4) is 0 Å². The first-order valence-corrected chi connectivity index (χ1v) is 7.80. The van der Waals surface area contributed by atoms with Crippen molar-refractivity contribution in [1.82, 2.24) is 15.5 Å². The van der Waals surface area contributed by atoms with Crippen molar-refractivity contribution in [3.63, 3.8) is 0 Å². The van der Waals surface area contributed by atoms with E-state index in [-0.39, 0.29) is 0 Å². The standard InChI is InChI=1S/C16H23N5/c17-16(20-14-4-2-1-3-5-14)18-9-8-12-6-7-13-11-19-21-15(13)10-12/h6-7,10-11,14H,1-5,8-9H2,(H,19,21)(H3,17,18,20). The highest BCUT2D eigenvalue weighted by Gasteiger charge is 2.13. The van der Waals surface area contributed by atoms with Crippen LogP contribution in [0.5, 0.6) is 0 Å². The molecular weight excluding hydrogens is 262 g/mol. The van der Waals surface area contributed by atoms with Gasteiger partial charge >= 0.3 is 0 Å². The van der Waals surface area contributed by atoms with Gasteiger partial charge in [-0.25, -0.2) is 0 Å². The van der Waals surface area contributed by atoms with Crippen molar-refractivity contribution in [2.45, 2.75) is 44.6 Å². The Morgan fingerprint density at radius 3 is 3.05 bits per heavy atom. The molecule has 0 atom stereocenters. The number of fused-ring (bicyclic) bond motifs is 1. The molecule has 3 rings (SSSR count). The van der Waals surface area contributed by atoms with Gasteiger partial charge in [0.1, 0.15) is 0 Å². The Balaban J connectivity index is 1.50. The average Bonchev–Trinajstić information content (AvgIpc) is 2.96. The molecule has 1 aliphatic carbocycles. The van der Waals surface area contributed by atoms with Crippen molar-refractivity contribution in [3.05, 3.63) is 30.0 Å². The summed E-state index contributed by atoms with van der Waals surface area (Å²) in [5, 5.41) is 11.5. The van der Waals surface area contributed by atoms with E-state index in [1.54, 1.807) is 0 Å². The van der Waals surface area contributed by atoms with E-state index < -0.39 is 0 Å². The van der Waals surface area contributed by atoms with Crippen LogP contribution in [0.1, 0.15) is 37.7 Å². The van der Waals surface area contributed by atoms with Crippen LogP contribution in [0.15, 0.2) is 29.4 Å². The highest BCUT2D eigenvalue weighted by molar-refractivity contribution is 5.79. The molecule has 4 N–H and O–H groups in total. The van der Waals surface area contributed by atoms with Crippen LogP contribution in [0.4, 0.5) is 0 Å². The second-order valence-corrected chi connectivity index (χ2v) is 5.79. The van der Waals surface area contributed by atoms with Gasteiger partial charge in [0.2, 0.25) is 0 Å². The Morgan fingerprint density at radius 1 is 1.33 bits per heavy atom. The van der Waals surface area contributed by atoms with Gasteiger partial charge in [-0.2, -0.15) is 5.10 Å². The number of guanidine groups is 1. The summed E-state index contributed by atoms with van der Waals surface area (Å²) in [7, 11) is 0. The van der Waals surface area contributed by atoms with Crippen LogP contribution >= 0.6 is 0 Å². The molecule has 1 heterocycles. The maximum absolute atomic E-state index is 5.97. The SMILES string of the molecule is NC(=NCCc1ccc2cn[nH]c2c1)NC1CCCCC1. The largest absolute Gasteiger partial charge is 0.370 e. The first-order valence-electron chi connectivity index (χ1n) is 7.80. The van der Waals surface area contributed by atoms with Gasteiger partial charge in [-0.1, -0.05) is 31.4 Å². The monoisotopic (exact) mass is 285 g/mol. The summed E-state index contributed by atoms with van der Waals surface area (Å²) in [6.45, 7) is 0.713. The molecule has 5 nitrogen and oxygen atoms in total. The fraction of sp³-hybridized carbons (Fsp3) is 0.500. The lowest BCUT2D eigenvalue weighted by atomic mass is 9.96. The van der Waals surface area contributed by atoms with Crippen LogP contribution in [0, 0.1) is 0 Å². The van der Waals surface area contributed by atoms with Crippen LogP contribution in [0.2, 0.25) is 0 Å². The molecule has 0 unspecified atom stereocenters. The highest BCUT2D eigenvalue weighted by Crippen LogP contribution is 2.17. The van der Waals surface area contributed by atoms with Crippen LogP contribution in [0.3, 0.4) is 0 Å². The van der Waals surface area contributed by atoms with Crippen LogP contribution in [-0.4, -0.2) is 28.7 Å². The van der Waals surface area contributed by atoms with Gasteiger partial charge in [-0.05, 0) is 30.9 Å². The summed E-state index contributed by atoms with van der Waals surface area (Å²) < 4.78 is 0. The lowest BCUT2D eigenvalue weighted by Crippen LogP contribution is -2.41. The molecular formula is C16H23N5. The number of nitrogens with two attached hydrogens (primary N) is 1. The lowest BCUT2D eigenvalue weighted by Gasteiger charge is -2.23. The minimum atomic E-state index is 0.517. The smallest absolute Gasteiger partial charge is 0.188 e. The number of aromatic amines is 1. The van der Waals surface area contributed by atoms with Gasteiger partial charge in [-0.3, -0.25) is 10.1 Å². The summed E-state index contributed by atoms with van der Waals surface area (Å²) in [6, 6.07) is 6.85. The molecule has 1 aromatic heterocycles. The van der Waals surface area contributed by atoms with Crippen LogP contribution in [0.25, 0.3) is 10.9 Å². The minimum Gasteiger partial charge on any atom is -0.370 e. The molecule has 112 valence electrons. The first-order chi connectivity index (χ1) is 10.3. The molecule has 0 radical (unpaired) electrons. The molecule has 21 heavy (non-hydrogen) atoms. The van der Waals surface area contributed by atoms with Crippen LogP contribution in [-0.2, 0) is 6.42 Å². The zero-order valence-corrected chi connectivity index (χ0v) is 12.3. The van der Waals surface area contributed by atoms with E-state index in [2.05, 4.69) is 38.7 Å². The maximum Gasteiger partial charge on any atom is 0.188 e. The van der Waals surface area contributed by atoms with Crippen molar-refractivity contribution in [2.24, 2.45) is 10.7 Å². The van der Waals surface area contributed by atoms with E-state index >= 15 is 0 Å². The average molecular weight is 285 g/mol. The molecule has 1 aromatic carbocycles. The fourth-order valence-electron chi connectivity index (χ4n) is 2.95. The maximum atomic E-state index is 5.97. The van der Waals surface area contributed by atoms with E-state index in [9.17, 15) is 0 Å². The summed E-state index contributed by atoms with van der Waals surface area (Å²) in [6.07, 6.45) is 9.11. The number of rotatable bonds is 4. The summed E-state index contributed by atoms with van der Waals surface area (Å²) >= 11 is 0. The molecule has 0 aliphatic heterocycles. The second kappa shape index (κ2) is 6.61. The third-order valence-corrected chi connectivity index (χ3v) is 4.15. The zero-order chi connectivity index (χ0) is 14.5. The van der Waals surface area contributed by atoms with E-state index in [1.807, 2.05) is 6.20 Å². The third-order valence-electron chi connectivity index (χ3n) is 4.15. The summed E-state index contributed by atoms with van der Waals surface area (Å²) in [4.78, 5) is 4.44. The Hall–Kier alpha value is -2.04. The number of aromatic nitrogens is 2. The minimum absolute atomic E-state index is 0.517. The molecule has 1 saturated carbocycles. The second-order valence-electron chi connectivity index (χ2n) is 5.79. The number of benzene rings is 1. The Bertz CT molecular complexity index is 610. The van der Waals surface area contributed by atoms with E-state index in [0.717, 1.165) is 17.3 Å². The van der Waals surface area contributed by atoms with Crippen molar-refractivity contribution < 1.29 is 0 Å². The van der Waals surface area contributed by atoms with Crippen molar-refractivity contribution >= 4 is 16.9 Å². The normalized spacial score (nSPS) is 17.2. The summed E-state index contributed by atoms with van der Waals surface area (Å²) in [5.41, 5.74) is 8.29. The molecule has 0 saturated heterocycles. The van der Waals surface area contributed by atoms with Crippen LogP contribution < -0.4 is 11.1 Å². The van der Waals surface area contributed by atoms with Gasteiger partial charge < -0.3 is 11.1 Å². The van der Waals surface area contributed by atoms with Gasteiger partial charge in [0.05, 0.1) is 11.7 Å². The summed E-state index contributed by atoms with van der Waals surface area (Å²) in [5.74, 6) is 0.588. The number of aliphatic imine (C=N–C) groups is 1. The topological polar surface area (TPSA) is 79.1 Å². The molecule has 0 amide bonds. The number of nitrogens with zero attached hydrogens (tertiary/aromatic N) is 2. The molecule has 0 bridgehead atoms. The van der Waals surface area contributed by atoms with Gasteiger partial charge in [0.15, 0.2) is 5.96 Å². The molecule has 0 spiro atoms.